The average Bonchev–Trinajstić information content (AvgIpc) is 2.39. The topological polar surface area (TPSA) is 59.0 Å². The van der Waals surface area contributed by atoms with Crippen molar-refractivity contribution in [3.8, 4) is 11.5 Å². The van der Waals surface area contributed by atoms with Gasteiger partial charge in [0, 0.05) is 6.54 Å². The van der Waals surface area contributed by atoms with Crippen molar-refractivity contribution in [2.75, 3.05) is 32.8 Å². The summed E-state index contributed by atoms with van der Waals surface area (Å²) in [5.41, 5.74) is 0. The Balaban J connectivity index is 2.45. The van der Waals surface area contributed by atoms with E-state index in [2.05, 4.69) is 0 Å². The number of benzene rings is 1. The minimum absolute atomic E-state index is 0.0347. The second-order valence-corrected chi connectivity index (χ2v) is 3.99. The molecule has 19 heavy (non-hydrogen) atoms. The SMILES string of the molecule is CCOc1ccccc1OCCN(CC)CC(=O)O. The maximum atomic E-state index is 10.6. The summed E-state index contributed by atoms with van der Waals surface area (Å²) in [6, 6.07) is 7.47. The first-order valence-electron chi connectivity index (χ1n) is 6.46. The second kappa shape index (κ2) is 8.37. The van der Waals surface area contributed by atoms with Gasteiger partial charge in [-0.15, -0.1) is 0 Å². The quantitative estimate of drug-likeness (QED) is 0.740. The van der Waals surface area contributed by atoms with Crippen molar-refractivity contribution in [1.82, 2.24) is 4.90 Å². The van der Waals surface area contributed by atoms with E-state index in [4.69, 9.17) is 14.6 Å². The van der Waals surface area contributed by atoms with Crippen molar-refractivity contribution in [3.05, 3.63) is 24.3 Å². The van der Waals surface area contributed by atoms with E-state index < -0.39 is 5.97 Å². The highest BCUT2D eigenvalue weighted by molar-refractivity contribution is 5.69. The molecule has 1 rings (SSSR count). The summed E-state index contributed by atoms with van der Waals surface area (Å²) in [6.07, 6.45) is 0. The van der Waals surface area contributed by atoms with E-state index in [0.717, 1.165) is 0 Å². The van der Waals surface area contributed by atoms with Gasteiger partial charge in [0.05, 0.1) is 13.2 Å². The molecule has 0 aromatic heterocycles. The average molecular weight is 267 g/mol. The van der Waals surface area contributed by atoms with Gasteiger partial charge in [0.1, 0.15) is 6.61 Å². The van der Waals surface area contributed by atoms with Crippen LogP contribution in [0.3, 0.4) is 0 Å². The zero-order valence-electron chi connectivity index (χ0n) is 11.5. The van der Waals surface area contributed by atoms with Gasteiger partial charge in [0.2, 0.25) is 0 Å². The smallest absolute Gasteiger partial charge is 0.317 e. The van der Waals surface area contributed by atoms with Crippen molar-refractivity contribution in [2.24, 2.45) is 0 Å². The fourth-order valence-corrected chi connectivity index (χ4v) is 1.67. The first-order chi connectivity index (χ1) is 9.17. The Morgan fingerprint density at radius 2 is 1.84 bits per heavy atom. The molecule has 0 saturated heterocycles. The van der Waals surface area contributed by atoms with Crippen LogP contribution in [0.25, 0.3) is 0 Å². The third-order valence-electron chi connectivity index (χ3n) is 2.62. The predicted molar refractivity (Wildman–Crippen MR) is 72.9 cm³/mol. The molecular weight excluding hydrogens is 246 g/mol. The number of nitrogens with zero attached hydrogens (tertiary/aromatic N) is 1. The van der Waals surface area contributed by atoms with Gasteiger partial charge in [-0.25, -0.2) is 0 Å². The number of hydrogen-bond donors (Lipinski definition) is 1. The van der Waals surface area contributed by atoms with E-state index in [0.29, 0.717) is 37.8 Å². The normalized spacial score (nSPS) is 10.5. The van der Waals surface area contributed by atoms with Crippen LogP contribution in [0.15, 0.2) is 24.3 Å². The van der Waals surface area contributed by atoms with Crippen molar-refractivity contribution >= 4 is 5.97 Å². The zero-order valence-corrected chi connectivity index (χ0v) is 11.5. The number of carboxylic acids is 1. The molecule has 0 aliphatic rings. The first-order valence-corrected chi connectivity index (χ1v) is 6.46. The number of hydrogen-bond acceptors (Lipinski definition) is 4. The minimum atomic E-state index is -0.823. The van der Waals surface area contributed by atoms with Gasteiger partial charge in [-0.3, -0.25) is 9.69 Å². The van der Waals surface area contributed by atoms with Crippen LogP contribution in [0.2, 0.25) is 0 Å². The van der Waals surface area contributed by atoms with Crippen molar-refractivity contribution in [1.29, 1.82) is 0 Å². The van der Waals surface area contributed by atoms with Gasteiger partial charge >= 0.3 is 5.97 Å². The lowest BCUT2D eigenvalue weighted by Gasteiger charge is -2.18. The third kappa shape index (κ3) is 5.61. The highest BCUT2D eigenvalue weighted by Gasteiger charge is 2.08. The molecule has 5 heteroatoms. The molecular formula is C14H21NO4. The molecule has 0 fully saturated rings. The highest BCUT2D eigenvalue weighted by atomic mass is 16.5. The molecule has 0 atom stereocenters. The molecule has 0 spiro atoms. The van der Waals surface area contributed by atoms with Crippen LogP contribution >= 0.6 is 0 Å². The molecule has 0 amide bonds. The van der Waals surface area contributed by atoms with Gasteiger partial charge < -0.3 is 14.6 Å². The van der Waals surface area contributed by atoms with Crippen molar-refractivity contribution < 1.29 is 19.4 Å². The van der Waals surface area contributed by atoms with Gasteiger partial charge in [0.15, 0.2) is 11.5 Å². The Hall–Kier alpha value is -1.75. The van der Waals surface area contributed by atoms with Crippen LogP contribution in [-0.2, 0) is 4.79 Å². The van der Waals surface area contributed by atoms with Crippen LogP contribution < -0.4 is 9.47 Å². The predicted octanol–water partition coefficient (Wildman–Crippen LogP) is 1.87. The maximum Gasteiger partial charge on any atom is 0.317 e. The molecule has 1 aromatic rings. The zero-order chi connectivity index (χ0) is 14.1. The minimum Gasteiger partial charge on any atom is -0.490 e. The van der Waals surface area contributed by atoms with E-state index in [1.165, 1.54) is 0 Å². The Labute approximate surface area is 113 Å². The molecule has 1 N–H and O–H groups in total. The van der Waals surface area contributed by atoms with Gasteiger partial charge in [0.25, 0.3) is 0 Å². The number of aliphatic carboxylic acids is 1. The van der Waals surface area contributed by atoms with Crippen LogP contribution in [0.5, 0.6) is 11.5 Å². The number of rotatable bonds is 9. The Morgan fingerprint density at radius 1 is 1.21 bits per heavy atom. The molecule has 5 nitrogen and oxygen atoms in total. The van der Waals surface area contributed by atoms with Crippen LogP contribution in [0.4, 0.5) is 0 Å². The summed E-state index contributed by atoms with van der Waals surface area (Å²) in [5, 5.41) is 8.74. The maximum absolute atomic E-state index is 10.6. The molecule has 106 valence electrons. The lowest BCUT2D eigenvalue weighted by molar-refractivity contribution is -0.138. The van der Waals surface area contributed by atoms with Gasteiger partial charge in [-0.05, 0) is 25.6 Å². The number of carbonyl (C=O) groups is 1. The lowest BCUT2D eigenvalue weighted by atomic mass is 10.3. The number of para-hydroxylation sites is 2. The number of ether oxygens (including phenoxy) is 2. The molecule has 0 bridgehead atoms. The molecule has 0 radical (unpaired) electrons. The fraction of sp³-hybridized carbons (Fsp3) is 0.500. The molecule has 1 aromatic carbocycles. The van der Waals surface area contributed by atoms with Crippen molar-refractivity contribution in [3.63, 3.8) is 0 Å². The summed E-state index contributed by atoms with van der Waals surface area (Å²) >= 11 is 0. The number of carboxylic acid groups (broad SMARTS) is 1. The fourth-order valence-electron chi connectivity index (χ4n) is 1.67. The lowest BCUT2D eigenvalue weighted by Crippen LogP contribution is -2.33. The van der Waals surface area contributed by atoms with E-state index in [1.54, 1.807) is 0 Å². The van der Waals surface area contributed by atoms with Gasteiger partial charge in [-0.2, -0.15) is 0 Å². The van der Waals surface area contributed by atoms with Gasteiger partial charge in [-0.1, -0.05) is 19.1 Å². The Morgan fingerprint density at radius 3 is 2.37 bits per heavy atom. The standard InChI is InChI=1S/C14H21NO4/c1-3-15(11-14(16)17)9-10-19-13-8-6-5-7-12(13)18-4-2/h5-8H,3-4,9-11H2,1-2H3,(H,16,17). The summed E-state index contributed by atoms with van der Waals surface area (Å²) in [7, 11) is 0. The summed E-state index contributed by atoms with van der Waals surface area (Å²) < 4.78 is 11.1. The number of likely N-dealkylation sites (N-methyl/N-ethyl adjacent to an activating group) is 1. The first kappa shape index (κ1) is 15.3. The summed E-state index contributed by atoms with van der Waals surface area (Å²) in [4.78, 5) is 12.4. The van der Waals surface area contributed by atoms with E-state index in [-0.39, 0.29) is 6.54 Å². The second-order valence-electron chi connectivity index (χ2n) is 3.99. The van der Waals surface area contributed by atoms with Crippen LogP contribution in [0, 0.1) is 0 Å². The third-order valence-corrected chi connectivity index (χ3v) is 2.62. The molecule has 0 aliphatic carbocycles. The molecule has 0 aliphatic heterocycles. The van der Waals surface area contributed by atoms with E-state index >= 15 is 0 Å². The van der Waals surface area contributed by atoms with Crippen LogP contribution in [0.1, 0.15) is 13.8 Å². The summed E-state index contributed by atoms with van der Waals surface area (Å²) in [5.74, 6) is 0.582. The molecule has 0 heterocycles. The molecule has 0 unspecified atom stereocenters. The molecule has 0 saturated carbocycles. The Bertz CT molecular complexity index is 395. The van der Waals surface area contributed by atoms with E-state index in [1.807, 2.05) is 43.0 Å². The highest BCUT2D eigenvalue weighted by Crippen LogP contribution is 2.26. The van der Waals surface area contributed by atoms with Crippen LogP contribution in [-0.4, -0.2) is 48.8 Å². The van der Waals surface area contributed by atoms with Crippen molar-refractivity contribution in [2.45, 2.75) is 13.8 Å². The largest absolute Gasteiger partial charge is 0.490 e. The summed E-state index contributed by atoms with van der Waals surface area (Å²) in [6.45, 7) is 6.16. The monoisotopic (exact) mass is 267 g/mol. The van der Waals surface area contributed by atoms with E-state index in [9.17, 15) is 4.79 Å². The Kier molecular flexibility index (Phi) is 6.74.